The maximum Gasteiger partial charge on any atom is 0.222 e. The Hall–Kier alpha value is -2.60. The summed E-state index contributed by atoms with van der Waals surface area (Å²) in [6.45, 7) is 0.607. The van der Waals surface area contributed by atoms with E-state index in [1.165, 1.54) is 15.0 Å². The van der Waals surface area contributed by atoms with Crippen LogP contribution >= 0.6 is 11.3 Å². The highest BCUT2D eigenvalue weighted by atomic mass is 32.1. The van der Waals surface area contributed by atoms with Gasteiger partial charge in [0.05, 0.1) is 12.8 Å². The summed E-state index contributed by atoms with van der Waals surface area (Å²) < 4.78 is 6.71. The molecule has 1 atom stereocenters. The summed E-state index contributed by atoms with van der Waals surface area (Å²) in [6, 6.07) is 14.2. The Balaban J connectivity index is 1.38. The highest BCUT2D eigenvalue weighted by Gasteiger charge is 2.38. The van der Waals surface area contributed by atoms with Crippen molar-refractivity contribution in [3.63, 3.8) is 0 Å². The van der Waals surface area contributed by atoms with Gasteiger partial charge in [0.1, 0.15) is 5.76 Å². The third kappa shape index (κ3) is 4.12. The molecule has 1 unspecified atom stereocenters. The molecule has 2 aromatic heterocycles. The van der Waals surface area contributed by atoms with E-state index in [1.807, 2.05) is 31.3 Å². The van der Waals surface area contributed by atoms with Gasteiger partial charge in [0.2, 0.25) is 11.8 Å². The monoisotopic (exact) mass is 396 g/mol. The standard InChI is InChI=1S/C22H24N2O3S/c1-24(15-18-13-16-5-2-3-7-19(16)28-18)21(26)9-11-22(10-8-20(25)23-22)14-17-6-4-12-27-17/h2-7,12-13H,8-11,14-15H2,1H3,(H,23,25). The van der Waals surface area contributed by atoms with Crippen LogP contribution in [0.3, 0.4) is 0 Å². The molecule has 28 heavy (non-hydrogen) atoms. The lowest BCUT2D eigenvalue weighted by Crippen LogP contribution is -2.44. The van der Waals surface area contributed by atoms with Crippen molar-refractivity contribution in [3.8, 4) is 0 Å². The van der Waals surface area contributed by atoms with Crippen LogP contribution in [-0.2, 0) is 22.6 Å². The second-order valence-corrected chi connectivity index (χ2v) is 8.75. The second kappa shape index (κ2) is 7.80. The first-order valence-electron chi connectivity index (χ1n) is 9.58. The van der Waals surface area contributed by atoms with Crippen molar-refractivity contribution < 1.29 is 14.0 Å². The van der Waals surface area contributed by atoms with Crippen molar-refractivity contribution in [1.82, 2.24) is 10.2 Å². The van der Waals surface area contributed by atoms with Crippen molar-refractivity contribution in [3.05, 3.63) is 59.4 Å². The average Bonchev–Trinajstić information content (AvgIpc) is 3.40. The molecule has 3 heterocycles. The first-order chi connectivity index (χ1) is 13.5. The minimum atomic E-state index is -0.386. The van der Waals surface area contributed by atoms with Crippen LogP contribution in [0.15, 0.2) is 53.1 Å². The van der Waals surface area contributed by atoms with E-state index in [0.717, 1.165) is 12.2 Å². The topological polar surface area (TPSA) is 62.6 Å². The van der Waals surface area contributed by atoms with Gasteiger partial charge in [-0.3, -0.25) is 9.59 Å². The van der Waals surface area contributed by atoms with Gasteiger partial charge in [-0.15, -0.1) is 11.3 Å². The number of thiophene rings is 1. The van der Waals surface area contributed by atoms with Crippen LogP contribution in [0.1, 0.15) is 36.3 Å². The average molecular weight is 397 g/mol. The fourth-order valence-electron chi connectivity index (χ4n) is 3.90. The molecule has 0 bridgehead atoms. The smallest absolute Gasteiger partial charge is 0.222 e. The number of carbonyl (C=O) groups excluding carboxylic acids is 2. The fourth-order valence-corrected chi connectivity index (χ4v) is 5.02. The summed E-state index contributed by atoms with van der Waals surface area (Å²) in [7, 11) is 1.85. The highest BCUT2D eigenvalue weighted by Crippen LogP contribution is 2.30. The highest BCUT2D eigenvalue weighted by molar-refractivity contribution is 7.19. The molecule has 2 amide bonds. The Morgan fingerprint density at radius 2 is 2.14 bits per heavy atom. The molecule has 4 rings (SSSR count). The molecule has 1 fully saturated rings. The third-order valence-electron chi connectivity index (χ3n) is 5.44. The van der Waals surface area contributed by atoms with Crippen LogP contribution in [0.25, 0.3) is 10.1 Å². The van der Waals surface area contributed by atoms with E-state index in [4.69, 9.17) is 4.42 Å². The minimum Gasteiger partial charge on any atom is -0.469 e. The number of nitrogens with zero attached hydrogens (tertiary/aromatic N) is 1. The van der Waals surface area contributed by atoms with E-state index in [0.29, 0.717) is 32.2 Å². The van der Waals surface area contributed by atoms with Gasteiger partial charge < -0.3 is 14.6 Å². The molecule has 5 nitrogen and oxygen atoms in total. The van der Waals surface area contributed by atoms with Gasteiger partial charge >= 0.3 is 0 Å². The van der Waals surface area contributed by atoms with E-state index in [-0.39, 0.29) is 17.4 Å². The normalized spacial score (nSPS) is 19.1. The van der Waals surface area contributed by atoms with Gasteiger partial charge in [-0.05, 0) is 42.5 Å². The zero-order chi connectivity index (χ0) is 19.6. The maximum atomic E-state index is 12.7. The summed E-state index contributed by atoms with van der Waals surface area (Å²) in [6.07, 6.45) is 4.53. The number of fused-ring (bicyclic) bond motifs is 1. The van der Waals surface area contributed by atoms with E-state index in [9.17, 15) is 9.59 Å². The van der Waals surface area contributed by atoms with Crippen molar-refractivity contribution in [2.75, 3.05) is 7.05 Å². The molecule has 146 valence electrons. The molecule has 0 saturated carbocycles. The summed E-state index contributed by atoms with van der Waals surface area (Å²) in [5.74, 6) is 0.989. The zero-order valence-electron chi connectivity index (χ0n) is 15.9. The second-order valence-electron chi connectivity index (χ2n) is 7.58. The molecular weight excluding hydrogens is 372 g/mol. The third-order valence-corrected chi connectivity index (χ3v) is 6.54. The maximum absolute atomic E-state index is 12.7. The van der Waals surface area contributed by atoms with Gasteiger partial charge in [-0.2, -0.15) is 0 Å². The summed E-state index contributed by atoms with van der Waals surface area (Å²) in [4.78, 5) is 27.6. The van der Waals surface area contributed by atoms with Crippen LogP contribution in [0.2, 0.25) is 0 Å². The van der Waals surface area contributed by atoms with E-state index in [2.05, 4.69) is 23.5 Å². The number of carbonyl (C=O) groups is 2. The molecule has 0 radical (unpaired) electrons. The Kier molecular flexibility index (Phi) is 5.22. The Morgan fingerprint density at radius 1 is 1.29 bits per heavy atom. The lowest BCUT2D eigenvalue weighted by Gasteiger charge is -2.29. The van der Waals surface area contributed by atoms with Gasteiger partial charge in [0.25, 0.3) is 0 Å². The van der Waals surface area contributed by atoms with Crippen molar-refractivity contribution in [1.29, 1.82) is 0 Å². The Bertz CT molecular complexity index is 946. The molecule has 1 aliphatic heterocycles. The Labute approximate surface area is 168 Å². The van der Waals surface area contributed by atoms with Crippen molar-refractivity contribution in [2.45, 2.75) is 44.2 Å². The van der Waals surface area contributed by atoms with Gasteiger partial charge in [0.15, 0.2) is 0 Å². The summed E-state index contributed by atoms with van der Waals surface area (Å²) in [5, 5.41) is 4.32. The Morgan fingerprint density at radius 3 is 2.86 bits per heavy atom. The number of rotatable bonds is 7. The molecule has 1 saturated heterocycles. The number of benzene rings is 1. The van der Waals surface area contributed by atoms with Gasteiger partial charge in [-0.25, -0.2) is 0 Å². The number of amides is 2. The van der Waals surface area contributed by atoms with Crippen LogP contribution in [0.4, 0.5) is 0 Å². The first-order valence-corrected chi connectivity index (χ1v) is 10.4. The van der Waals surface area contributed by atoms with Crippen LogP contribution in [-0.4, -0.2) is 29.3 Å². The van der Waals surface area contributed by atoms with E-state index in [1.54, 1.807) is 22.5 Å². The van der Waals surface area contributed by atoms with Crippen LogP contribution < -0.4 is 5.32 Å². The fraction of sp³-hybridized carbons (Fsp3) is 0.364. The number of hydrogen-bond donors (Lipinski definition) is 1. The summed E-state index contributed by atoms with van der Waals surface area (Å²) >= 11 is 1.73. The van der Waals surface area contributed by atoms with Gasteiger partial charge in [-0.1, -0.05) is 18.2 Å². The molecule has 1 aromatic carbocycles. The van der Waals surface area contributed by atoms with E-state index < -0.39 is 0 Å². The van der Waals surface area contributed by atoms with Crippen molar-refractivity contribution >= 4 is 33.2 Å². The predicted octanol–water partition coefficient (Wildman–Crippen LogP) is 4.12. The quantitative estimate of drug-likeness (QED) is 0.653. The molecule has 0 aliphatic carbocycles. The number of hydrogen-bond acceptors (Lipinski definition) is 4. The predicted molar refractivity (Wildman–Crippen MR) is 110 cm³/mol. The van der Waals surface area contributed by atoms with Crippen LogP contribution in [0.5, 0.6) is 0 Å². The molecule has 1 aliphatic rings. The van der Waals surface area contributed by atoms with Crippen molar-refractivity contribution in [2.24, 2.45) is 0 Å². The molecule has 3 aromatic rings. The SMILES string of the molecule is CN(Cc1cc2ccccc2s1)C(=O)CCC1(Cc2ccco2)CCC(=O)N1. The largest absolute Gasteiger partial charge is 0.469 e. The first kappa shape index (κ1) is 18.7. The molecular formula is C22H24N2O3S. The lowest BCUT2D eigenvalue weighted by molar-refractivity contribution is -0.131. The lowest BCUT2D eigenvalue weighted by atomic mass is 9.87. The minimum absolute atomic E-state index is 0.0534. The van der Waals surface area contributed by atoms with E-state index >= 15 is 0 Å². The molecule has 6 heteroatoms. The molecule has 0 spiro atoms. The number of furan rings is 1. The van der Waals surface area contributed by atoms with Gasteiger partial charge in [0, 0.05) is 41.4 Å². The molecule has 1 N–H and O–H groups in total. The summed E-state index contributed by atoms with van der Waals surface area (Å²) in [5.41, 5.74) is -0.386. The number of nitrogens with one attached hydrogen (secondary N) is 1. The van der Waals surface area contributed by atoms with Crippen LogP contribution in [0, 0.1) is 0 Å². The zero-order valence-corrected chi connectivity index (χ0v) is 16.8.